The molecule has 1 N–H and O–H groups in total. The zero-order valence-electron chi connectivity index (χ0n) is 12.3. The van der Waals surface area contributed by atoms with E-state index in [4.69, 9.17) is 4.42 Å². The molecule has 0 radical (unpaired) electrons. The van der Waals surface area contributed by atoms with Gasteiger partial charge in [0.1, 0.15) is 11.3 Å². The van der Waals surface area contributed by atoms with Crippen molar-refractivity contribution in [1.29, 1.82) is 0 Å². The van der Waals surface area contributed by atoms with Crippen molar-refractivity contribution in [3.8, 4) is 0 Å². The van der Waals surface area contributed by atoms with Gasteiger partial charge in [0.15, 0.2) is 0 Å². The third-order valence-electron chi connectivity index (χ3n) is 3.92. The number of rotatable bonds is 2. The van der Waals surface area contributed by atoms with E-state index in [1.807, 2.05) is 42.2 Å². The summed E-state index contributed by atoms with van der Waals surface area (Å²) in [4.78, 5) is 14.5. The van der Waals surface area contributed by atoms with Crippen LogP contribution in [0.15, 0.2) is 34.7 Å². The van der Waals surface area contributed by atoms with Crippen LogP contribution < -0.4 is 5.32 Å². The van der Waals surface area contributed by atoms with Crippen LogP contribution in [-0.4, -0.2) is 36.5 Å². The standard InChI is InChI=1S/C16H20N2O2.ClH/c1-11-10-18(8-7-17-11)16(19)12(2)15-9-13-5-3-4-6-14(13)20-15;/h3-6,9,11-12,17H,7-8,10H2,1-2H3;1H. The van der Waals surface area contributed by atoms with Gasteiger partial charge in [0.2, 0.25) is 5.91 Å². The van der Waals surface area contributed by atoms with Gasteiger partial charge < -0.3 is 14.6 Å². The minimum absolute atomic E-state index is 0. The minimum Gasteiger partial charge on any atom is -0.460 e. The quantitative estimate of drug-likeness (QED) is 0.928. The number of benzene rings is 1. The molecule has 114 valence electrons. The first kappa shape index (κ1) is 15.9. The van der Waals surface area contributed by atoms with E-state index in [1.165, 1.54) is 0 Å². The Morgan fingerprint density at radius 1 is 1.43 bits per heavy atom. The van der Waals surface area contributed by atoms with E-state index >= 15 is 0 Å². The van der Waals surface area contributed by atoms with Crippen LogP contribution in [0.25, 0.3) is 11.0 Å². The topological polar surface area (TPSA) is 45.5 Å². The summed E-state index contributed by atoms with van der Waals surface area (Å²) in [6, 6.07) is 10.2. The van der Waals surface area contributed by atoms with Crippen molar-refractivity contribution >= 4 is 29.3 Å². The third-order valence-corrected chi connectivity index (χ3v) is 3.92. The van der Waals surface area contributed by atoms with E-state index < -0.39 is 0 Å². The van der Waals surface area contributed by atoms with Crippen molar-refractivity contribution in [3.63, 3.8) is 0 Å². The summed E-state index contributed by atoms with van der Waals surface area (Å²) in [6.45, 7) is 6.43. The highest BCUT2D eigenvalue weighted by atomic mass is 35.5. The van der Waals surface area contributed by atoms with Crippen LogP contribution in [-0.2, 0) is 4.79 Å². The molecule has 1 fully saturated rings. The lowest BCUT2D eigenvalue weighted by atomic mass is 10.1. The smallest absolute Gasteiger partial charge is 0.233 e. The molecule has 1 aromatic carbocycles. The maximum Gasteiger partial charge on any atom is 0.233 e. The number of amides is 1. The molecule has 21 heavy (non-hydrogen) atoms. The zero-order valence-corrected chi connectivity index (χ0v) is 13.2. The summed E-state index contributed by atoms with van der Waals surface area (Å²) in [5.74, 6) is 0.674. The van der Waals surface area contributed by atoms with Crippen molar-refractivity contribution < 1.29 is 9.21 Å². The predicted octanol–water partition coefficient (Wildman–Crippen LogP) is 2.78. The lowest BCUT2D eigenvalue weighted by molar-refractivity contribution is -0.133. The molecule has 0 bridgehead atoms. The molecule has 1 aromatic heterocycles. The van der Waals surface area contributed by atoms with Crippen LogP contribution in [0.2, 0.25) is 0 Å². The Morgan fingerprint density at radius 3 is 2.90 bits per heavy atom. The zero-order chi connectivity index (χ0) is 14.1. The van der Waals surface area contributed by atoms with E-state index in [-0.39, 0.29) is 24.2 Å². The van der Waals surface area contributed by atoms with Crippen molar-refractivity contribution in [2.24, 2.45) is 0 Å². The fraction of sp³-hybridized carbons (Fsp3) is 0.438. The molecule has 1 amide bonds. The van der Waals surface area contributed by atoms with Crippen LogP contribution in [0.1, 0.15) is 25.5 Å². The number of carbonyl (C=O) groups is 1. The fourth-order valence-electron chi connectivity index (χ4n) is 2.74. The number of para-hydroxylation sites is 1. The molecule has 3 rings (SSSR count). The van der Waals surface area contributed by atoms with Gasteiger partial charge in [0.25, 0.3) is 0 Å². The highest BCUT2D eigenvalue weighted by molar-refractivity contribution is 5.86. The number of hydrogen-bond acceptors (Lipinski definition) is 3. The SMILES string of the molecule is CC1CN(C(=O)C(C)c2cc3ccccc3o2)CCN1.Cl. The second-order valence-electron chi connectivity index (χ2n) is 5.55. The second kappa shape index (κ2) is 6.50. The molecule has 2 heterocycles. The molecule has 0 spiro atoms. The molecule has 4 nitrogen and oxygen atoms in total. The van der Waals surface area contributed by atoms with Gasteiger partial charge in [0, 0.05) is 31.1 Å². The maximum atomic E-state index is 12.6. The third kappa shape index (κ3) is 3.22. The van der Waals surface area contributed by atoms with Gasteiger partial charge in [-0.15, -0.1) is 12.4 Å². The number of halogens is 1. The number of furan rings is 1. The number of carbonyl (C=O) groups excluding carboxylic acids is 1. The van der Waals surface area contributed by atoms with Gasteiger partial charge >= 0.3 is 0 Å². The van der Waals surface area contributed by atoms with Crippen molar-refractivity contribution in [1.82, 2.24) is 10.2 Å². The average molecular weight is 309 g/mol. The number of nitrogens with one attached hydrogen (secondary N) is 1. The molecule has 2 unspecified atom stereocenters. The summed E-state index contributed by atoms with van der Waals surface area (Å²) >= 11 is 0. The highest BCUT2D eigenvalue weighted by Crippen LogP contribution is 2.26. The van der Waals surface area contributed by atoms with Crippen molar-refractivity contribution in [3.05, 3.63) is 36.1 Å². The molecule has 2 atom stereocenters. The van der Waals surface area contributed by atoms with Crippen LogP contribution >= 0.6 is 12.4 Å². The van der Waals surface area contributed by atoms with E-state index in [0.29, 0.717) is 6.04 Å². The van der Waals surface area contributed by atoms with Crippen LogP contribution in [0, 0.1) is 0 Å². The minimum atomic E-state index is -0.229. The first-order valence-electron chi connectivity index (χ1n) is 7.16. The van der Waals surface area contributed by atoms with Crippen molar-refractivity contribution in [2.45, 2.75) is 25.8 Å². The van der Waals surface area contributed by atoms with E-state index in [1.54, 1.807) is 0 Å². The summed E-state index contributed by atoms with van der Waals surface area (Å²) in [7, 11) is 0. The van der Waals surface area contributed by atoms with Crippen LogP contribution in [0.3, 0.4) is 0 Å². The summed E-state index contributed by atoms with van der Waals surface area (Å²) in [6.07, 6.45) is 0. The Kier molecular flexibility index (Phi) is 4.91. The summed E-state index contributed by atoms with van der Waals surface area (Å²) < 4.78 is 5.81. The molecule has 2 aromatic rings. The molecule has 1 aliphatic heterocycles. The Labute approximate surface area is 130 Å². The lowest BCUT2D eigenvalue weighted by Crippen LogP contribution is -2.52. The van der Waals surface area contributed by atoms with Crippen LogP contribution in [0.5, 0.6) is 0 Å². The van der Waals surface area contributed by atoms with Crippen LogP contribution in [0.4, 0.5) is 0 Å². The molecule has 5 heteroatoms. The van der Waals surface area contributed by atoms with Gasteiger partial charge in [-0.3, -0.25) is 4.79 Å². The summed E-state index contributed by atoms with van der Waals surface area (Å²) in [5.41, 5.74) is 0.843. The monoisotopic (exact) mass is 308 g/mol. The van der Waals surface area contributed by atoms with Gasteiger partial charge in [-0.25, -0.2) is 0 Å². The molecule has 1 aliphatic rings. The molecule has 0 saturated carbocycles. The number of fused-ring (bicyclic) bond motifs is 1. The largest absolute Gasteiger partial charge is 0.460 e. The Bertz CT molecular complexity index is 593. The molecule has 0 aliphatic carbocycles. The Balaban J connectivity index is 0.00000161. The maximum absolute atomic E-state index is 12.6. The summed E-state index contributed by atoms with van der Waals surface area (Å²) in [5, 5.41) is 4.40. The van der Waals surface area contributed by atoms with Gasteiger partial charge in [-0.05, 0) is 26.0 Å². The van der Waals surface area contributed by atoms with E-state index in [9.17, 15) is 4.79 Å². The fourth-order valence-corrected chi connectivity index (χ4v) is 2.74. The number of piperazine rings is 1. The van der Waals surface area contributed by atoms with Gasteiger partial charge in [0.05, 0.1) is 5.92 Å². The number of hydrogen-bond donors (Lipinski definition) is 1. The predicted molar refractivity (Wildman–Crippen MR) is 85.9 cm³/mol. The lowest BCUT2D eigenvalue weighted by Gasteiger charge is -2.33. The Morgan fingerprint density at radius 2 is 2.19 bits per heavy atom. The van der Waals surface area contributed by atoms with Gasteiger partial charge in [-0.2, -0.15) is 0 Å². The van der Waals surface area contributed by atoms with Gasteiger partial charge in [-0.1, -0.05) is 18.2 Å². The normalized spacial score (nSPS) is 20.1. The van der Waals surface area contributed by atoms with Crippen molar-refractivity contribution in [2.75, 3.05) is 19.6 Å². The first-order chi connectivity index (χ1) is 9.65. The Hall–Kier alpha value is -1.52. The second-order valence-corrected chi connectivity index (χ2v) is 5.55. The molecular weight excluding hydrogens is 288 g/mol. The number of nitrogens with zero attached hydrogens (tertiary/aromatic N) is 1. The molecular formula is C16H21ClN2O2. The van der Waals surface area contributed by atoms with E-state index in [2.05, 4.69) is 12.2 Å². The highest BCUT2D eigenvalue weighted by Gasteiger charge is 2.27. The molecule has 1 saturated heterocycles. The van der Waals surface area contributed by atoms with E-state index in [0.717, 1.165) is 36.4 Å². The first-order valence-corrected chi connectivity index (χ1v) is 7.16. The average Bonchev–Trinajstić information content (AvgIpc) is 2.89.